The lowest BCUT2D eigenvalue weighted by Gasteiger charge is -2.31. The van der Waals surface area contributed by atoms with Gasteiger partial charge in [0.2, 0.25) is 11.8 Å². The number of hydrogen-bond acceptors (Lipinski definition) is 3. The molecule has 104 valence electrons. The Kier molecular flexibility index (Phi) is 4.38. The van der Waals surface area contributed by atoms with Crippen LogP contribution in [-0.4, -0.2) is 53.5 Å². The molecule has 1 aromatic rings. The van der Waals surface area contributed by atoms with Crippen LogP contribution in [0.4, 0.5) is 0 Å². The van der Waals surface area contributed by atoms with Gasteiger partial charge in [-0.2, -0.15) is 0 Å². The van der Waals surface area contributed by atoms with E-state index in [1.54, 1.807) is 11.9 Å². The molecule has 0 unspecified atom stereocenters. The van der Waals surface area contributed by atoms with Gasteiger partial charge in [0, 0.05) is 19.2 Å². The van der Waals surface area contributed by atoms with Crippen molar-refractivity contribution in [3.8, 4) is 11.8 Å². The lowest BCUT2D eigenvalue weighted by molar-refractivity contribution is -0.149. The molecule has 5 heteroatoms. The molecule has 2 rings (SSSR count). The molecule has 0 radical (unpaired) electrons. The molecule has 1 N–H and O–H groups in total. The Morgan fingerprint density at radius 2 is 1.85 bits per heavy atom. The largest absolute Gasteiger partial charge is 0.384 e. The summed E-state index contributed by atoms with van der Waals surface area (Å²) in [6.45, 7) is 0.520. The number of hydrogen-bond donors (Lipinski definition) is 1. The molecule has 0 atom stereocenters. The number of likely N-dealkylation sites (N-methyl/N-ethyl adjacent to an activating group) is 1. The van der Waals surface area contributed by atoms with E-state index in [0.29, 0.717) is 6.54 Å². The second kappa shape index (κ2) is 6.22. The Morgan fingerprint density at radius 1 is 1.15 bits per heavy atom. The average Bonchev–Trinajstić information content (AvgIpc) is 2.44. The van der Waals surface area contributed by atoms with Crippen molar-refractivity contribution in [2.24, 2.45) is 0 Å². The third kappa shape index (κ3) is 3.37. The summed E-state index contributed by atoms with van der Waals surface area (Å²) in [4.78, 5) is 26.4. The Morgan fingerprint density at radius 3 is 2.50 bits per heavy atom. The topological polar surface area (TPSA) is 60.9 Å². The predicted octanol–water partition coefficient (Wildman–Crippen LogP) is -0.169. The predicted molar refractivity (Wildman–Crippen MR) is 73.5 cm³/mol. The van der Waals surface area contributed by atoms with Gasteiger partial charge < -0.3 is 14.9 Å². The minimum Gasteiger partial charge on any atom is -0.384 e. The van der Waals surface area contributed by atoms with Gasteiger partial charge in [-0.05, 0) is 17.7 Å². The van der Waals surface area contributed by atoms with Crippen LogP contribution >= 0.6 is 0 Å². The zero-order valence-electron chi connectivity index (χ0n) is 11.3. The van der Waals surface area contributed by atoms with E-state index in [1.165, 1.54) is 4.90 Å². The molecule has 0 bridgehead atoms. The smallest absolute Gasteiger partial charge is 0.242 e. The highest BCUT2D eigenvalue weighted by Gasteiger charge is 2.27. The number of amides is 2. The number of carbonyl (C=O) groups is 2. The van der Waals surface area contributed by atoms with Crippen molar-refractivity contribution in [3.63, 3.8) is 0 Å². The zero-order valence-corrected chi connectivity index (χ0v) is 11.3. The van der Waals surface area contributed by atoms with Gasteiger partial charge in [-0.25, -0.2) is 0 Å². The second-order valence-electron chi connectivity index (χ2n) is 4.66. The van der Waals surface area contributed by atoms with E-state index in [4.69, 9.17) is 5.11 Å². The van der Waals surface area contributed by atoms with Crippen LogP contribution in [0.2, 0.25) is 0 Å². The Balaban J connectivity index is 2.03. The number of aliphatic hydroxyl groups is 1. The summed E-state index contributed by atoms with van der Waals surface area (Å²) in [5.41, 5.74) is 1.76. The highest BCUT2D eigenvalue weighted by molar-refractivity contribution is 5.92. The highest BCUT2D eigenvalue weighted by Crippen LogP contribution is 2.10. The molecular weight excluding hydrogens is 256 g/mol. The lowest BCUT2D eigenvalue weighted by atomic mass is 10.1. The van der Waals surface area contributed by atoms with Crippen molar-refractivity contribution in [1.29, 1.82) is 0 Å². The van der Waals surface area contributed by atoms with E-state index in [9.17, 15) is 9.59 Å². The van der Waals surface area contributed by atoms with Gasteiger partial charge in [-0.1, -0.05) is 24.0 Å². The monoisotopic (exact) mass is 272 g/mol. The lowest BCUT2D eigenvalue weighted by Crippen LogP contribution is -2.51. The first-order chi connectivity index (χ1) is 9.60. The van der Waals surface area contributed by atoms with Gasteiger partial charge >= 0.3 is 0 Å². The molecule has 0 saturated carbocycles. The molecule has 2 amide bonds. The van der Waals surface area contributed by atoms with Gasteiger partial charge in [-0.3, -0.25) is 9.59 Å². The molecule has 1 saturated heterocycles. The Hall–Kier alpha value is -2.32. The standard InChI is InChI=1S/C15H16N2O3/c1-16-10-15(20)17(11-14(16)19)9-13-6-4-12(5-7-13)3-2-8-18/h4-7,18H,8-11H2,1H3. The molecule has 1 aromatic carbocycles. The van der Waals surface area contributed by atoms with E-state index >= 15 is 0 Å². The third-order valence-electron chi connectivity index (χ3n) is 3.12. The summed E-state index contributed by atoms with van der Waals surface area (Å²) in [5.74, 6) is 5.29. The van der Waals surface area contributed by atoms with E-state index in [-0.39, 0.29) is 31.5 Å². The number of benzene rings is 1. The summed E-state index contributed by atoms with van der Waals surface area (Å²) in [6, 6.07) is 7.41. The summed E-state index contributed by atoms with van der Waals surface area (Å²) in [7, 11) is 1.63. The maximum atomic E-state index is 11.8. The minimum absolute atomic E-state index is 0.0451. The zero-order chi connectivity index (χ0) is 14.5. The van der Waals surface area contributed by atoms with Crippen LogP contribution in [0.1, 0.15) is 11.1 Å². The van der Waals surface area contributed by atoms with Crippen LogP contribution < -0.4 is 0 Å². The van der Waals surface area contributed by atoms with E-state index < -0.39 is 0 Å². The van der Waals surface area contributed by atoms with Crippen molar-refractivity contribution < 1.29 is 14.7 Å². The van der Waals surface area contributed by atoms with Crippen molar-refractivity contribution >= 4 is 11.8 Å². The molecule has 0 aliphatic carbocycles. The van der Waals surface area contributed by atoms with Crippen LogP contribution in [0.3, 0.4) is 0 Å². The van der Waals surface area contributed by atoms with Crippen LogP contribution in [0.5, 0.6) is 0 Å². The molecule has 1 fully saturated rings. The minimum atomic E-state index is -0.167. The van der Waals surface area contributed by atoms with Crippen LogP contribution in [0, 0.1) is 11.8 Å². The van der Waals surface area contributed by atoms with Crippen molar-refractivity contribution in [1.82, 2.24) is 9.80 Å². The highest BCUT2D eigenvalue weighted by atomic mass is 16.2. The fraction of sp³-hybridized carbons (Fsp3) is 0.333. The number of aliphatic hydroxyl groups excluding tert-OH is 1. The van der Waals surface area contributed by atoms with Crippen LogP contribution in [0.15, 0.2) is 24.3 Å². The second-order valence-corrected chi connectivity index (χ2v) is 4.66. The maximum Gasteiger partial charge on any atom is 0.242 e. The van der Waals surface area contributed by atoms with Gasteiger partial charge in [-0.15, -0.1) is 0 Å². The summed E-state index contributed by atoms with van der Waals surface area (Å²) < 4.78 is 0. The quantitative estimate of drug-likeness (QED) is 0.761. The first kappa shape index (κ1) is 14.1. The number of carbonyl (C=O) groups excluding carboxylic acids is 2. The van der Waals surface area contributed by atoms with Gasteiger partial charge in [0.25, 0.3) is 0 Å². The van der Waals surface area contributed by atoms with Crippen molar-refractivity contribution in [3.05, 3.63) is 35.4 Å². The molecular formula is C15H16N2O3. The SMILES string of the molecule is CN1CC(=O)N(Cc2ccc(C#CCO)cc2)CC1=O. The van der Waals surface area contributed by atoms with Crippen LogP contribution in [-0.2, 0) is 16.1 Å². The first-order valence-corrected chi connectivity index (χ1v) is 6.30. The molecule has 0 spiro atoms. The Bertz CT molecular complexity index is 569. The normalized spacial score (nSPS) is 15.1. The Labute approximate surface area is 117 Å². The van der Waals surface area contributed by atoms with Gasteiger partial charge in [0.15, 0.2) is 0 Å². The van der Waals surface area contributed by atoms with Crippen molar-refractivity contribution in [2.75, 3.05) is 26.7 Å². The molecule has 20 heavy (non-hydrogen) atoms. The number of rotatable bonds is 2. The van der Waals surface area contributed by atoms with Crippen molar-refractivity contribution in [2.45, 2.75) is 6.54 Å². The molecule has 5 nitrogen and oxygen atoms in total. The first-order valence-electron chi connectivity index (χ1n) is 6.30. The average molecular weight is 272 g/mol. The molecule has 1 heterocycles. The fourth-order valence-corrected chi connectivity index (χ4v) is 1.96. The third-order valence-corrected chi connectivity index (χ3v) is 3.12. The summed E-state index contributed by atoms with van der Waals surface area (Å²) in [5, 5.41) is 8.62. The molecule has 1 aliphatic heterocycles. The molecule has 1 aliphatic rings. The summed E-state index contributed by atoms with van der Waals surface area (Å²) >= 11 is 0. The van der Waals surface area contributed by atoms with E-state index in [2.05, 4.69) is 11.8 Å². The van der Waals surface area contributed by atoms with Gasteiger partial charge in [0.05, 0.1) is 6.54 Å². The number of piperazine rings is 1. The summed E-state index contributed by atoms with van der Waals surface area (Å²) in [6.07, 6.45) is 0. The number of nitrogens with zero attached hydrogens (tertiary/aromatic N) is 2. The molecule has 0 aromatic heterocycles. The fourth-order valence-electron chi connectivity index (χ4n) is 1.96. The van der Waals surface area contributed by atoms with Crippen LogP contribution in [0.25, 0.3) is 0 Å². The maximum absolute atomic E-state index is 11.8. The van der Waals surface area contributed by atoms with Gasteiger partial charge in [0.1, 0.15) is 13.2 Å². The van der Waals surface area contributed by atoms with E-state index in [0.717, 1.165) is 11.1 Å². The van der Waals surface area contributed by atoms with E-state index in [1.807, 2.05) is 24.3 Å².